The van der Waals surface area contributed by atoms with Crippen LogP contribution in [0.3, 0.4) is 0 Å². The van der Waals surface area contributed by atoms with E-state index in [0.29, 0.717) is 12.8 Å². The van der Waals surface area contributed by atoms with Crippen LogP contribution in [-0.4, -0.2) is 48.7 Å². The Balaban J connectivity index is 1.26. The number of aryl methyl sites for hydroxylation is 1. The topological polar surface area (TPSA) is 42.0 Å². The number of nitrogens with zero attached hydrogens (tertiary/aromatic N) is 2. The van der Waals surface area contributed by atoms with Gasteiger partial charge < -0.3 is 14.4 Å². The number of rotatable bonds is 5. The molecule has 1 fully saturated rings. The van der Waals surface area contributed by atoms with Gasteiger partial charge in [-0.2, -0.15) is 0 Å². The molecule has 4 rings (SSSR count). The highest BCUT2D eigenvalue weighted by Gasteiger charge is 2.20. The van der Waals surface area contributed by atoms with Crippen molar-refractivity contribution < 1.29 is 18.7 Å². The third-order valence-corrected chi connectivity index (χ3v) is 5.33. The third-order valence-electron chi connectivity index (χ3n) is 5.33. The summed E-state index contributed by atoms with van der Waals surface area (Å²) in [6.45, 7) is 4.37. The summed E-state index contributed by atoms with van der Waals surface area (Å²) < 4.78 is 23.8. The predicted octanol–water partition coefficient (Wildman–Crippen LogP) is 3.22. The Bertz CT molecular complexity index is 825. The van der Waals surface area contributed by atoms with E-state index in [0.717, 1.165) is 61.8 Å². The van der Waals surface area contributed by atoms with Crippen LogP contribution in [0.2, 0.25) is 0 Å². The minimum atomic E-state index is -0.209. The standard InChI is InChI=1S/C22H25FN2O3/c23-19-6-2-18(3-7-19)15-24-10-1-11-25(13-12-24)22(26)9-5-17-4-8-20-21(14-17)28-16-27-20/h2-4,6-8,14H,1,5,9-13,15-16H2. The molecule has 2 aromatic rings. The van der Waals surface area contributed by atoms with E-state index in [9.17, 15) is 9.18 Å². The molecule has 6 heteroatoms. The fourth-order valence-electron chi connectivity index (χ4n) is 3.73. The van der Waals surface area contributed by atoms with Crippen LogP contribution < -0.4 is 9.47 Å². The number of fused-ring (bicyclic) bond motifs is 1. The maximum Gasteiger partial charge on any atom is 0.231 e. The van der Waals surface area contributed by atoms with E-state index in [2.05, 4.69) is 4.90 Å². The molecule has 1 amide bonds. The Morgan fingerprint density at radius 2 is 1.71 bits per heavy atom. The van der Waals surface area contributed by atoms with Crippen molar-refractivity contribution in [1.29, 1.82) is 0 Å². The Kier molecular flexibility index (Phi) is 5.76. The minimum absolute atomic E-state index is 0.196. The molecule has 0 atom stereocenters. The number of benzene rings is 2. The molecule has 2 aromatic carbocycles. The van der Waals surface area contributed by atoms with Gasteiger partial charge in [0.25, 0.3) is 0 Å². The van der Waals surface area contributed by atoms with Gasteiger partial charge in [-0.3, -0.25) is 9.69 Å². The molecule has 0 N–H and O–H groups in total. The molecule has 0 aromatic heterocycles. The lowest BCUT2D eigenvalue weighted by atomic mass is 10.1. The molecule has 0 spiro atoms. The van der Waals surface area contributed by atoms with Crippen LogP contribution in [-0.2, 0) is 17.8 Å². The van der Waals surface area contributed by atoms with Gasteiger partial charge in [-0.25, -0.2) is 4.39 Å². The molecule has 28 heavy (non-hydrogen) atoms. The first-order valence-electron chi connectivity index (χ1n) is 9.80. The fraction of sp³-hybridized carbons (Fsp3) is 0.409. The highest BCUT2D eigenvalue weighted by molar-refractivity contribution is 5.76. The number of carbonyl (C=O) groups is 1. The van der Waals surface area contributed by atoms with Crippen molar-refractivity contribution in [3.8, 4) is 11.5 Å². The summed E-state index contributed by atoms with van der Waals surface area (Å²) in [5, 5.41) is 0. The summed E-state index contributed by atoms with van der Waals surface area (Å²) in [4.78, 5) is 17.0. The van der Waals surface area contributed by atoms with E-state index in [1.54, 1.807) is 0 Å². The lowest BCUT2D eigenvalue weighted by Crippen LogP contribution is -2.35. The van der Waals surface area contributed by atoms with Crippen molar-refractivity contribution in [1.82, 2.24) is 9.80 Å². The van der Waals surface area contributed by atoms with E-state index < -0.39 is 0 Å². The summed E-state index contributed by atoms with van der Waals surface area (Å²) in [6, 6.07) is 12.5. The van der Waals surface area contributed by atoms with Crippen LogP contribution in [0.4, 0.5) is 4.39 Å². The maximum absolute atomic E-state index is 13.1. The number of hydrogen-bond donors (Lipinski definition) is 0. The molecule has 2 aliphatic rings. The number of carbonyl (C=O) groups excluding carboxylic acids is 1. The SMILES string of the molecule is O=C(CCc1ccc2c(c1)OCO2)N1CCCN(Cc2ccc(F)cc2)CC1. The first-order valence-corrected chi connectivity index (χ1v) is 9.80. The monoisotopic (exact) mass is 384 g/mol. The van der Waals surface area contributed by atoms with Gasteiger partial charge in [0.15, 0.2) is 11.5 Å². The molecule has 148 valence electrons. The van der Waals surface area contributed by atoms with Gasteiger partial charge in [0.1, 0.15) is 5.82 Å². The van der Waals surface area contributed by atoms with E-state index in [-0.39, 0.29) is 18.5 Å². The lowest BCUT2D eigenvalue weighted by molar-refractivity contribution is -0.131. The van der Waals surface area contributed by atoms with Gasteiger partial charge >= 0.3 is 0 Å². The molecule has 2 heterocycles. The summed E-state index contributed by atoms with van der Waals surface area (Å²) in [5.41, 5.74) is 2.19. The second-order valence-corrected chi connectivity index (χ2v) is 7.32. The van der Waals surface area contributed by atoms with E-state index in [1.165, 1.54) is 12.1 Å². The zero-order valence-corrected chi connectivity index (χ0v) is 15.9. The van der Waals surface area contributed by atoms with Crippen LogP contribution in [0.15, 0.2) is 42.5 Å². The number of hydrogen-bond acceptors (Lipinski definition) is 4. The zero-order chi connectivity index (χ0) is 19.3. The van der Waals surface area contributed by atoms with Crippen molar-refractivity contribution in [3.05, 3.63) is 59.4 Å². The average Bonchev–Trinajstić information content (AvgIpc) is 3.05. The van der Waals surface area contributed by atoms with Gasteiger partial charge in [-0.1, -0.05) is 18.2 Å². The van der Waals surface area contributed by atoms with Crippen molar-refractivity contribution in [2.75, 3.05) is 33.0 Å². The molecule has 0 radical (unpaired) electrons. The summed E-state index contributed by atoms with van der Waals surface area (Å²) >= 11 is 0. The Morgan fingerprint density at radius 1 is 0.929 bits per heavy atom. The molecule has 0 unspecified atom stereocenters. The zero-order valence-electron chi connectivity index (χ0n) is 15.9. The molecular weight excluding hydrogens is 359 g/mol. The van der Waals surface area contributed by atoms with Crippen molar-refractivity contribution in [2.45, 2.75) is 25.8 Å². The van der Waals surface area contributed by atoms with Gasteiger partial charge in [0.2, 0.25) is 12.7 Å². The van der Waals surface area contributed by atoms with Crippen LogP contribution >= 0.6 is 0 Å². The Labute approximate surface area is 164 Å². The normalized spacial score (nSPS) is 16.8. The first-order chi connectivity index (χ1) is 13.7. The number of amides is 1. The van der Waals surface area contributed by atoms with Gasteiger partial charge in [-0.15, -0.1) is 0 Å². The summed E-state index contributed by atoms with van der Waals surface area (Å²) in [6.07, 6.45) is 2.15. The lowest BCUT2D eigenvalue weighted by Gasteiger charge is -2.22. The molecular formula is C22H25FN2O3. The summed E-state index contributed by atoms with van der Waals surface area (Å²) in [7, 11) is 0. The number of ether oxygens (including phenoxy) is 2. The Hall–Kier alpha value is -2.60. The van der Waals surface area contributed by atoms with E-state index >= 15 is 0 Å². The van der Waals surface area contributed by atoms with Crippen molar-refractivity contribution in [3.63, 3.8) is 0 Å². The largest absolute Gasteiger partial charge is 0.454 e. The summed E-state index contributed by atoms with van der Waals surface area (Å²) in [5.74, 6) is 1.51. The molecule has 0 bridgehead atoms. The molecule has 5 nitrogen and oxygen atoms in total. The molecule has 1 saturated heterocycles. The third kappa shape index (κ3) is 4.62. The van der Waals surface area contributed by atoms with E-state index in [1.807, 2.05) is 35.2 Å². The Morgan fingerprint density at radius 3 is 2.57 bits per heavy atom. The fourth-order valence-corrected chi connectivity index (χ4v) is 3.73. The van der Waals surface area contributed by atoms with Gasteiger partial charge in [0.05, 0.1) is 0 Å². The highest BCUT2D eigenvalue weighted by atomic mass is 19.1. The minimum Gasteiger partial charge on any atom is -0.454 e. The molecule has 0 saturated carbocycles. The van der Waals surface area contributed by atoms with Crippen molar-refractivity contribution >= 4 is 5.91 Å². The smallest absolute Gasteiger partial charge is 0.231 e. The predicted molar refractivity (Wildman–Crippen MR) is 104 cm³/mol. The van der Waals surface area contributed by atoms with Crippen LogP contribution in [0.25, 0.3) is 0 Å². The maximum atomic E-state index is 13.1. The average molecular weight is 384 g/mol. The number of halogens is 1. The van der Waals surface area contributed by atoms with Crippen LogP contribution in [0.5, 0.6) is 11.5 Å². The molecule has 2 aliphatic heterocycles. The van der Waals surface area contributed by atoms with Crippen molar-refractivity contribution in [2.24, 2.45) is 0 Å². The second-order valence-electron chi connectivity index (χ2n) is 7.32. The van der Waals surface area contributed by atoms with Crippen LogP contribution in [0, 0.1) is 5.82 Å². The highest BCUT2D eigenvalue weighted by Crippen LogP contribution is 2.32. The van der Waals surface area contributed by atoms with E-state index in [4.69, 9.17) is 9.47 Å². The van der Waals surface area contributed by atoms with Crippen LogP contribution in [0.1, 0.15) is 24.0 Å². The quantitative estimate of drug-likeness (QED) is 0.794. The second kappa shape index (κ2) is 8.61. The van der Waals surface area contributed by atoms with Gasteiger partial charge in [-0.05, 0) is 48.2 Å². The molecule has 0 aliphatic carbocycles. The first kappa shape index (κ1) is 18.7. The van der Waals surface area contributed by atoms with Gasteiger partial charge in [0, 0.05) is 39.1 Å².